The molecule has 0 aromatic heterocycles. The molecule has 1 atom stereocenters. The van der Waals surface area contributed by atoms with Gasteiger partial charge in [-0.25, -0.2) is 4.79 Å². The van der Waals surface area contributed by atoms with Crippen LogP contribution in [0.3, 0.4) is 0 Å². The molecular formula is C23H27ClN2O6. The number of halogens is 1. The minimum atomic E-state index is -0.584. The Morgan fingerprint density at radius 3 is 2.84 bits per heavy atom. The first kappa shape index (κ1) is 23.8. The Labute approximate surface area is 191 Å². The van der Waals surface area contributed by atoms with Crippen LogP contribution in [0.4, 0.5) is 5.69 Å². The normalized spacial score (nSPS) is 15.8. The molecule has 9 heteroatoms. The van der Waals surface area contributed by atoms with E-state index in [0.717, 1.165) is 18.7 Å². The third kappa shape index (κ3) is 6.59. The summed E-state index contributed by atoms with van der Waals surface area (Å²) in [6.45, 7) is 5.79. The van der Waals surface area contributed by atoms with Gasteiger partial charge in [-0.3, -0.25) is 4.79 Å². The number of hydrogen-bond donors (Lipinski definition) is 3. The molecule has 0 aliphatic carbocycles. The van der Waals surface area contributed by atoms with Gasteiger partial charge in [-0.05, 0) is 30.7 Å². The molecule has 1 fully saturated rings. The highest BCUT2D eigenvalue weighted by molar-refractivity contribution is 6.32. The van der Waals surface area contributed by atoms with Crippen molar-refractivity contribution in [3.8, 4) is 11.5 Å². The summed E-state index contributed by atoms with van der Waals surface area (Å²) in [4.78, 5) is 24.1. The maximum atomic E-state index is 12.6. The summed E-state index contributed by atoms with van der Waals surface area (Å²) in [6, 6.07) is 8.24. The van der Waals surface area contributed by atoms with Gasteiger partial charge < -0.3 is 30.0 Å². The predicted octanol–water partition coefficient (Wildman–Crippen LogP) is 3.43. The van der Waals surface area contributed by atoms with Crippen molar-refractivity contribution in [2.24, 2.45) is 0 Å². The van der Waals surface area contributed by atoms with E-state index in [4.69, 9.17) is 25.8 Å². The second kappa shape index (κ2) is 11.2. The number of phenolic OH excluding ortho intramolecular Hbond substituents is 1. The van der Waals surface area contributed by atoms with Crippen LogP contribution in [-0.4, -0.2) is 49.5 Å². The molecule has 3 N–H and O–H groups in total. The number of aromatic hydroxyl groups is 1. The van der Waals surface area contributed by atoms with Crippen molar-refractivity contribution < 1.29 is 28.9 Å². The summed E-state index contributed by atoms with van der Waals surface area (Å²) in [5, 5.41) is 16.8. The molecule has 0 radical (unpaired) electrons. The lowest BCUT2D eigenvalue weighted by atomic mass is 10.1. The van der Waals surface area contributed by atoms with Gasteiger partial charge >= 0.3 is 11.9 Å². The van der Waals surface area contributed by atoms with Gasteiger partial charge in [-0.2, -0.15) is 0 Å². The van der Waals surface area contributed by atoms with Crippen molar-refractivity contribution in [2.45, 2.75) is 32.9 Å². The fourth-order valence-electron chi connectivity index (χ4n) is 3.34. The van der Waals surface area contributed by atoms with Crippen molar-refractivity contribution in [2.75, 3.05) is 31.6 Å². The van der Waals surface area contributed by atoms with E-state index in [-0.39, 0.29) is 41.3 Å². The predicted molar refractivity (Wildman–Crippen MR) is 120 cm³/mol. The van der Waals surface area contributed by atoms with Crippen LogP contribution < -0.4 is 15.4 Å². The smallest absolute Gasteiger partial charge is 0.341 e. The second-order valence-corrected chi connectivity index (χ2v) is 7.94. The minimum Gasteiger partial charge on any atom is -0.506 e. The third-order valence-corrected chi connectivity index (χ3v) is 5.19. The standard InChI is InChI=1S/C23H27ClN2O6/c1-14-9-16(22(28)20(24)10-14)12-26-17-3-4-19(21(11-17)32-15(2)27)23(29)31-7-5-18-13-25-6-8-30-18/h3-4,9-11,18,25-26,28H,5-8,12-13H2,1-2H3. The number of nitrogens with one attached hydrogen (secondary N) is 2. The molecule has 0 amide bonds. The number of rotatable bonds is 8. The highest BCUT2D eigenvalue weighted by Crippen LogP contribution is 2.30. The van der Waals surface area contributed by atoms with Crippen LogP contribution in [-0.2, 0) is 20.8 Å². The zero-order chi connectivity index (χ0) is 23.1. The van der Waals surface area contributed by atoms with E-state index < -0.39 is 11.9 Å². The first-order chi connectivity index (χ1) is 15.3. The van der Waals surface area contributed by atoms with Crippen molar-refractivity contribution in [3.63, 3.8) is 0 Å². The first-order valence-electron chi connectivity index (χ1n) is 10.4. The Morgan fingerprint density at radius 2 is 2.12 bits per heavy atom. The van der Waals surface area contributed by atoms with Crippen LogP contribution in [0.15, 0.2) is 30.3 Å². The first-order valence-corrected chi connectivity index (χ1v) is 10.7. The molecule has 1 saturated heterocycles. The zero-order valence-corrected chi connectivity index (χ0v) is 18.8. The number of carbonyl (C=O) groups is 2. The molecule has 2 aromatic carbocycles. The van der Waals surface area contributed by atoms with Crippen LogP contribution in [0.5, 0.6) is 11.5 Å². The monoisotopic (exact) mass is 462 g/mol. The van der Waals surface area contributed by atoms with Gasteiger partial charge in [0, 0.05) is 50.3 Å². The van der Waals surface area contributed by atoms with Crippen molar-refractivity contribution in [3.05, 3.63) is 52.0 Å². The molecule has 1 unspecified atom stereocenters. The third-order valence-electron chi connectivity index (χ3n) is 4.90. The molecule has 2 aromatic rings. The second-order valence-electron chi connectivity index (χ2n) is 7.53. The van der Waals surface area contributed by atoms with E-state index in [1.165, 1.54) is 13.0 Å². The fraction of sp³-hybridized carbons (Fsp3) is 0.391. The number of hydrogen-bond acceptors (Lipinski definition) is 8. The number of anilines is 1. The molecule has 8 nitrogen and oxygen atoms in total. The highest BCUT2D eigenvalue weighted by atomic mass is 35.5. The number of phenols is 1. The number of morpholine rings is 1. The fourth-order valence-corrected chi connectivity index (χ4v) is 3.64. The molecule has 0 spiro atoms. The summed E-state index contributed by atoms with van der Waals surface area (Å²) in [5.74, 6) is -1.04. The summed E-state index contributed by atoms with van der Waals surface area (Å²) in [6.07, 6.45) is 0.576. The summed E-state index contributed by atoms with van der Waals surface area (Å²) in [5.41, 5.74) is 2.27. The molecule has 3 rings (SSSR count). The Bertz CT molecular complexity index is 975. The summed E-state index contributed by atoms with van der Waals surface area (Å²) < 4.78 is 16.2. The minimum absolute atomic E-state index is 0.00215. The number of aryl methyl sites for hydroxylation is 1. The molecule has 1 heterocycles. The van der Waals surface area contributed by atoms with Crippen molar-refractivity contribution in [1.29, 1.82) is 0 Å². The van der Waals surface area contributed by atoms with E-state index in [9.17, 15) is 14.7 Å². The van der Waals surface area contributed by atoms with E-state index in [1.54, 1.807) is 18.2 Å². The Hall–Kier alpha value is -2.81. The van der Waals surface area contributed by atoms with Crippen LogP contribution in [0.2, 0.25) is 5.02 Å². The topological polar surface area (TPSA) is 106 Å². The van der Waals surface area contributed by atoms with Gasteiger partial charge in [0.1, 0.15) is 17.1 Å². The maximum absolute atomic E-state index is 12.6. The van der Waals surface area contributed by atoms with Crippen molar-refractivity contribution in [1.82, 2.24) is 5.32 Å². The van der Waals surface area contributed by atoms with Gasteiger partial charge in [0.2, 0.25) is 0 Å². The SMILES string of the molecule is CC(=O)Oc1cc(NCc2cc(C)cc(Cl)c2O)ccc1C(=O)OCCC1CNCCO1. The van der Waals surface area contributed by atoms with Gasteiger partial charge in [0.05, 0.1) is 24.3 Å². The quantitative estimate of drug-likeness (QED) is 0.404. The van der Waals surface area contributed by atoms with E-state index >= 15 is 0 Å². The van der Waals surface area contributed by atoms with Crippen LogP contribution in [0.25, 0.3) is 0 Å². The molecular weight excluding hydrogens is 436 g/mol. The van der Waals surface area contributed by atoms with Gasteiger partial charge in [-0.1, -0.05) is 17.7 Å². The Morgan fingerprint density at radius 1 is 1.31 bits per heavy atom. The van der Waals surface area contributed by atoms with Crippen LogP contribution in [0.1, 0.15) is 34.8 Å². The number of carbonyl (C=O) groups excluding carboxylic acids is 2. The maximum Gasteiger partial charge on any atom is 0.341 e. The van der Waals surface area contributed by atoms with Crippen molar-refractivity contribution >= 4 is 29.2 Å². The lowest BCUT2D eigenvalue weighted by Crippen LogP contribution is -2.39. The summed E-state index contributed by atoms with van der Waals surface area (Å²) in [7, 11) is 0. The van der Waals surface area contributed by atoms with E-state index in [2.05, 4.69) is 10.6 Å². The van der Waals surface area contributed by atoms with Gasteiger partial charge in [-0.15, -0.1) is 0 Å². The zero-order valence-electron chi connectivity index (χ0n) is 18.1. The number of benzene rings is 2. The van der Waals surface area contributed by atoms with Crippen LogP contribution >= 0.6 is 11.6 Å². The van der Waals surface area contributed by atoms with Crippen LogP contribution in [0, 0.1) is 6.92 Å². The average Bonchev–Trinajstić information content (AvgIpc) is 2.75. The number of esters is 2. The summed E-state index contributed by atoms with van der Waals surface area (Å²) >= 11 is 6.03. The number of ether oxygens (including phenoxy) is 3. The molecule has 0 saturated carbocycles. The molecule has 32 heavy (non-hydrogen) atoms. The molecule has 1 aliphatic rings. The molecule has 1 aliphatic heterocycles. The highest BCUT2D eigenvalue weighted by Gasteiger charge is 2.19. The van der Waals surface area contributed by atoms with E-state index in [1.807, 2.05) is 13.0 Å². The lowest BCUT2D eigenvalue weighted by Gasteiger charge is -2.23. The molecule has 0 bridgehead atoms. The average molecular weight is 463 g/mol. The lowest BCUT2D eigenvalue weighted by molar-refractivity contribution is -0.131. The van der Waals surface area contributed by atoms with Gasteiger partial charge in [0.15, 0.2) is 0 Å². The van der Waals surface area contributed by atoms with E-state index in [0.29, 0.717) is 24.3 Å². The molecule has 172 valence electrons. The largest absolute Gasteiger partial charge is 0.506 e. The Kier molecular flexibility index (Phi) is 8.33. The van der Waals surface area contributed by atoms with Gasteiger partial charge in [0.25, 0.3) is 0 Å². The Balaban J connectivity index is 1.66.